The van der Waals surface area contributed by atoms with E-state index in [2.05, 4.69) is 11.4 Å². The Kier molecular flexibility index (Phi) is 4.50. The van der Waals surface area contributed by atoms with Crippen molar-refractivity contribution < 1.29 is 9.47 Å². The van der Waals surface area contributed by atoms with Crippen LogP contribution in [0.15, 0.2) is 0 Å². The van der Waals surface area contributed by atoms with E-state index >= 15 is 0 Å². The van der Waals surface area contributed by atoms with Crippen molar-refractivity contribution >= 4 is 0 Å². The van der Waals surface area contributed by atoms with Crippen molar-refractivity contribution in [2.45, 2.75) is 63.6 Å². The van der Waals surface area contributed by atoms with Crippen LogP contribution in [0.4, 0.5) is 0 Å². The monoisotopic (exact) mass is 266 g/mol. The van der Waals surface area contributed by atoms with Crippen LogP contribution in [0.2, 0.25) is 0 Å². The normalized spacial score (nSPS) is 22.8. The first kappa shape index (κ1) is 14.8. The molecule has 0 aromatic carbocycles. The van der Waals surface area contributed by atoms with Gasteiger partial charge < -0.3 is 9.47 Å². The van der Waals surface area contributed by atoms with Crippen LogP contribution in [0.25, 0.3) is 0 Å². The number of hydrogen-bond acceptors (Lipinski definition) is 4. The van der Waals surface area contributed by atoms with Gasteiger partial charge in [0.25, 0.3) is 0 Å². The zero-order chi connectivity index (χ0) is 13.9. The molecule has 0 aromatic heterocycles. The SMILES string of the molecule is CC(C)(C)OCCOCC(C#N)(NC1CC1)C1CC1. The van der Waals surface area contributed by atoms with E-state index in [0.29, 0.717) is 31.8 Å². The average Bonchev–Trinajstić information content (AvgIpc) is 3.17. The number of ether oxygens (including phenoxy) is 2. The molecule has 4 nitrogen and oxygen atoms in total. The molecule has 108 valence electrons. The maximum atomic E-state index is 9.53. The van der Waals surface area contributed by atoms with Crippen LogP contribution in [0.1, 0.15) is 46.5 Å². The van der Waals surface area contributed by atoms with Gasteiger partial charge in [0, 0.05) is 6.04 Å². The lowest BCUT2D eigenvalue weighted by Gasteiger charge is -2.28. The van der Waals surface area contributed by atoms with Gasteiger partial charge in [-0.15, -0.1) is 0 Å². The molecule has 0 aliphatic heterocycles. The fourth-order valence-corrected chi connectivity index (χ4v) is 2.24. The highest BCUT2D eigenvalue weighted by Crippen LogP contribution is 2.41. The molecule has 1 N–H and O–H groups in total. The Labute approximate surface area is 116 Å². The maximum absolute atomic E-state index is 9.53. The van der Waals surface area contributed by atoms with Crippen LogP contribution in [-0.4, -0.2) is 37.0 Å². The van der Waals surface area contributed by atoms with Gasteiger partial charge in [-0.1, -0.05) is 0 Å². The summed E-state index contributed by atoms with van der Waals surface area (Å²) in [6.45, 7) is 7.72. The predicted octanol–water partition coefficient (Wildman–Crippen LogP) is 2.24. The molecule has 0 amide bonds. The van der Waals surface area contributed by atoms with Crippen molar-refractivity contribution in [1.82, 2.24) is 5.32 Å². The van der Waals surface area contributed by atoms with Gasteiger partial charge in [0.2, 0.25) is 0 Å². The number of nitriles is 1. The first-order valence-electron chi connectivity index (χ1n) is 7.36. The molecule has 1 unspecified atom stereocenters. The van der Waals surface area contributed by atoms with Crippen LogP contribution in [0, 0.1) is 17.2 Å². The van der Waals surface area contributed by atoms with E-state index in [1.54, 1.807) is 0 Å². The van der Waals surface area contributed by atoms with Crippen molar-refractivity contribution in [2.75, 3.05) is 19.8 Å². The van der Waals surface area contributed by atoms with Gasteiger partial charge in [-0.25, -0.2) is 0 Å². The summed E-state index contributed by atoms with van der Waals surface area (Å²) in [4.78, 5) is 0. The van der Waals surface area contributed by atoms with E-state index in [4.69, 9.17) is 9.47 Å². The van der Waals surface area contributed by atoms with E-state index in [-0.39, 0.29) is 5.60 Å². The molecule has 0 radical (unpaired) electrons. The Morgan fingerprint density at radius 3 is 2.32 bits per heavy atom. The third-order valence-electron chi connectivity index (χ3n) is 3.61. The smallest absolute Gasteiger partial charge is 0.133 e. The third kappa shape index (κ3) is 4.76. The highest BCUT2D eigenvalue weighted by atomic mass is 16.5. The van der Waals surface area contributed by atoms with E-state index < -0.39 is 5.54 Å². The first-order chi connectivity index (χ1) is 8.95. The molecule has 2 fully saturated rings. The summed E-state index contributed by atoms with van der Waals surface area (Å²) >= 11 is 0. The molecule has 0 heterocycles. The lowest BCUT2D eigenvalue weighted by atomic mass is 9.96. The summed E-state index contributed by atoms with van der Waals surface area (Å²) in [5.74, 6) is 0.474. The Balaban J connectivity index is 1.72. The Bertz CT molecular complexity index is 337. The van der Waals surface area contributed by atoms with Gasteiger partial charge in [-0.3, -0.25) is 5.32 Å². The largest absolute Gasteiger partial charge is 0.376 e. The standard InChI is InChI=1S/C15H26N2O2/c1-14(2,3)19-9-8-18-11-15(10-16,12-4-5-12)17-13-6-7-13/h12-13,17H,4-9,11H2,1-3H3. The molecule has 2 saturated carbocycles. The number of hydrogen-bond donors (Lipinski definition) is 1. The summed E-state index contributed by atoms with van der Waals surface area (Å²) in [6, 6.07) is 3.02. The zero-order valence-corrected chi connectivity index (χ0v) is 12.4. The maximum Gasteiger partial charge on any atom is 0.133 e. The Morgan fingerprint density at radius 1 is 1.16 bits per heavy atom. The van der Waals surface area contributed by atoms with Gasteiger partial charge >= 0.3 is 0 Å². The first-order valence-corrected chi connectivity index (χ1v) is 7.36. The molecule has 0 spiro atoms. The molecule has 0 aromatic rings. The molecule has 1 atom stereocenters. The quantitative estimate of drug-likeness (QED) is 0.685. The summed E-state index contributed by atoms with van der Waals surface area (Å²) in [7, 11) is 0. The van der Waals surface area contributed by atoms with Crippen LogP contribution in [-0.2, 0) is 9.47 Å². The van der Waals surface area contributed by atoms with Gasteiger partial charge in [0.15, 0.2) is 0 Å². The van der Waals surface area contributed by atoms with Crippen LogP contribution in [0.3, 0.4) is 0 Å². The van der Waals surface area contributed by atoms with Gasteiger partial charge in [0.05, 0.1) is 31.5 Å². The fourth-order valence-electron chi connectivity index (χ4n) is 2.24. The minimum Gasteiger partial charge on any atom is -0.376 e. The summed E-state index contributed by atoms with van der Waals surface area (Å²) < 4.78 is 11.3. The highest BCUT2D eigenvalue weighted by Gasteiger charge is 2.48. The van der Waals surface area contributed by atoms with Crippen molar-refractivity contribution in [2.24, 2.45) is 5.92 Å². The zero-order valence-electron chi connectivity index (χ0n) is 12.4. The molecule has 2 rings (SSSR count). The van der Waals surface area contributed by atoms with E-state index in [1.165, 1.54) is 12.8 Å². The van der Waals surface area contributed by atoms with Gasteiger partial charge in [0.1, 0.15) is 5.54 Å². The highest BCUT2D eigenvalue weighted by molar-refractivity contribution is 5.17. The lowest BCUT2D eigenvalue weighted by molar-refractivity contribution is -0.0414. The number of rotatable bonds is 8. The fraction of sp³-hybridized carbons (Fsp3) is 0.933. The molecule has 4 heteroatoms. The lowest BCUT2D eigenvalue weighted by Crippen LogP contribution is -2.51. The molecule has 0 bridgehead atoms. The second-order valence-electron chi connectivity index (χ2n) is 6.79. The van der Waals surface area contributed by atoms with Gasteiger partial charge in [-0.05, 0) is 52.4 Å². The second-order valence-corrected chi connectivity index (χ2v) is 6.79. The van der Waals surface area contributed by atoms with Crippen molar-refractivity contribution in [3.63, 3.8) is 0 Å². The molecule has 2 aliphatic carbocycles. The number of nitrogens with one attached hydrogen (secondary N) is 1. The van der Waals surface area contributed by atoms with Gasteiger partial charge in [-0.2, -0.15) is 5.26 Å². The summed E-state index contributed by atoms with van der Waals surface area (Å²) in [5.41, 5.74) is -0.582. The molecular weight excluding hydrogens is 240 g/mol. The van der Waals surface area contributed by atoms with E-state index in [1.807, 2.05) is 20.8 Å². The average molecular weight is 266 g/mol. The molecule has 0 saturated heterocycles. The van der Waals surface area contributed by atoms with Crippen molar-refractivity contribution in [3.8, 4) is 6.07 Å². The van der Waals surface area contributed by atoms with E-state index in [0.717, 1.165) is 12.8 Å². The van der Waals surface area contributed by atoms with Crippen molar-refractivity contribution in [1.29, 1.82) is 5.26 Å². The Morgan fingerprint density at radius 2 is 1.84 bits per heavy atom. The summed E-state index contributed by atoms with van der Waals surface area (Å²) in [6.07, 6.45) is 4.69. The van der Waals surface area contributed by atoms with Crippen LogP contribution in [0.5, 0.6) is 0 Å². The molecule has 2 aliphatic rings. The van der Waals surface area contributed by atoms with E-state index in [9.17, 15) is 5.26 Å². The Hall–Kier alpha value is -0.630. The predicted molar refractivity (Wildman–Crippen MR) is 73.7 cm³/mol. The minimum atomic E-state index is -0.455. The topological polar surface area (TPSA) is 54.3 Å². The van der Waals surface area contributed by atoms with Crippen molar-refractivity contribution in [3.05, 3.63) is 0 Å². The second kappa shape index (κ2) is 5.78. The minimum absolute atomic E-state index is 0.127. The third-order valence-corrected chi connectivity index (χ3v) is 3.61. The van der Waals surface area contributed by atoms with Crippen LogP contribution < -0.4 is 5.32 Å². The van der Waals surface area contributed by atoms with Crippen LogP contribution >= 0.6 is 0 Å². The summed E-state index contributed by atoms with van der Waals surface area (Å²) in [5, 5.41) is 13.0. The molecule has 19 heavy (non-hydrogen) atoms. The molecular formula is C15H26N2O2. The number of nitrogens with zero attached hydrogens (tertiary/aromatic N) is 1.